The minimum absolute atomic E-state index is 0.290. The molecule has 7 rings (SSSR count). The molecule has 1 saturated carbocycles. The molecule has 0 aromatic carbocycles. The molecule has 0 unspecified atom stereocenters. The zero-order chi connectivity index (χ0) is 24.6. The van der Waals surface area contributed by atoms with Gasteiger partial charge in [0.05, 0.1) is 41.6 Å². The van der Waals surface area contributed by atoms with Crippen LogP contribution in [0.25, 0.3) is 44.5 Å². The standard InChI is InChI=1S/C29H31N7O/c1-3-7-21(8-4-1)37-22-11-19(14-30-16-22)20-12-24-28(34-35-29(24)32-15-20)25-13-23-26(33-25)17-31-18-27(23)36-9-5-2-6-10-36/h11-18,21,33H,1-10H2,(H,32,34,35). The third-order valence-electron chi connectivity index (χ3n) is 7.79. The molecule has 1 saturated heterocycles. The van der Waals surface area contributed by atoms with Crippen LogP contribution < -0.4 is 9.64 Å². The van der Waals surface area contributed by atoms with Crippen molar-refractivity contribution in [1.82, 2.24) is 30.1 Å². The number of aromatic nitrogens is 6. The highest BCUT2D eigenvalue weighted by Crippen LogP contribution is 2.35. The maximum atomic E-state index is 6.26. The fraction of sp³-hybridized carbons (Fsp3) is 0.379. The van der Waals surface area contributed by atoms with Crippen LogP contribution in [0.1, 0.15) is 51.4 Å². The molecule has 8 nitrogen and oxygen atoms in total. The number of fused-ring (bicyclic) bond motifs is 2. The molecule has 0 amide bonds. The Morgan fingerprint density at radius 1 is 0.784 bits per heavy atom. The fourth-order valence-electron chi connectivity index (χ4n) is 5.83. The Morgan fingerprint density at radius 3 is 2.49 bits per heavy atom. The van der Waals surface area contributed by atoms with Gasteiger partial charge in [0.2, 0.25) is 0 Å². The van der Waals surface area contributed by atoms with Crippen LogP contribution in [-0.4, -0.2) is 49.3 Å². The van der Waals surface area contributed by atoms with Gasteiger partial charge in [-0.1, -0.05) is 6.42 Å². The number of nitrogens with one attached hydrogen (secondary N) is 2. The summed E-state index contributed by atoms with van der Waals surface area (Å²) < 4.78 is 6.26. The van der Waals surface area contributed by atoms with E-state index in [1.165, 1.54) is 49.6 Å². The summed E-state index contributed by atoms with van der Waals surface area (Å²) in [5.74, 6) is 0.824. The molecule has 37 heavy (non-hydrogen) atoms. The minimum atomic E-state index is 0.290. The minimum Gasteiger partial charge on any atom is -0.489 e. The molecule has 6 heterocycles. The largest absolute Gasteiger partial charge is 0.489 e. The second kappa shape index (κ2) is 9.50. The number of pyridine rings is 3. The molecule has 2 N–H and O–H groups in total. The maximum absolute atomic E-state index is 6.26. The first kappa shape index (κ1) is 22.3. The van der Waals surface area contributed by atoms with Crippen LogP contribution in [0.5, 0.6) is 5.75 Å². The highest BCUT2D eigenvalue weighted by Gasteiger charge is 2.19. The quantitative estimate of drug-likeness (QED) is 0.300. The first-order chi connectivity index (χ1) is 18.3. The summed E-state index contributed by atoms with van der Waals surface area (Å²) in [5, 5.41) is 9.90. The van der Waals surface area contributed by atoms with E-state index in [-0.39, 0.29) is 0 Å². The summed E-state index contributed by atoms with van der Waals surface area (Å²) in [5.41, 5.74) is 6.77. The van der Waals surface area contributed by atoms with Gasteiger partial charge in [-0.05, 0) is 63.1 Å². The average molecular weight is 494 g/mol. The molecular weight excluding hydrogens is 462 g/mol. The van der Waals surface area contributed by atoms with E-state index in [9.17, 15) is 0 Å². The van der Waals surface area contributed by atoms with E-state index in [0.29, 0.717) is 6.10 Å². The second-order valence-corrected chi connectivity index (χ2v) is 10.3. The molecule has 2 fully saturated rings. The molecule has 5 aromatic rings. The van der Waals surface area contributed by atoms with E-state index < -0.39 is 0 Å². The van der Waals surface area contributed by atoms with E-state index in [0.717, 1.165) is 70.7 Å². The Kier molecular flexibility index (Phi) is 5.72. The lowest BCUT2D eigenvalue weighted by Gasteiger charge is -2.28. The van der Waals surface area contributed by atoms with Crippen molar-refractivity contribution in [2.45, 2.75) is 57.5 Å². The summed E-state index contributed by atoms with van der Waals surface area (Å²) in [6, 6.07) is 6.41. The summed E-state index contributed by atoms with van der Waals surface area (Å²) in [7, 11) is 0. The van der Waals surface area contributed by atoms with Gasteiger partial charge in [-0.3, -0.25) is 15.1 Å². The first-order valence-corrected chi connectivity index (χ1v) is 13.5. The smallest absolute Gasteiger partial charge is 0.155 e. The number of hydrogen-bond donors (Lipinski definition) is 2. The van der Waals surface area contributed by atoms with E-state index >= 15 is 0 Å². The van der Waals surface area contributed by atoms with Crippen molar-refractivity contribution in [3.8, 4) is 28.3 Å². The molecular formula is C29H31N7O. The van der Waals surface area contributed by atoms with Crippen LogP contribution in [0.4, 0.5) is 5.69 Å². The Hall–Kier alpha value is -3.94. The van der Waals surface area contributed by atoms with Gasteiger partial charge in [-0.15, -0.1) is 0 Å². The Morgan fingerprint density at radius 2 is 1.59 bits per heavy atom. The maximum Gasteiger partial charge on any atom is 0.155 e. The number of aromatic amines is 2. The summed E-state index contributed by atoms with van der Waals surface area (Å²) in [6.45, 7) is 2.16. The van der Waals surface area contributed by atoms with Crippen molar-refractivity contribution in [2.75, 3.05) is 18.0 Å². The van der Waals surface area contributed by atoms with Crippen LogP contribution in [0.2, 0.25) is 0 Å². The van der Waals surface area contributed by atoms with Crippen molar-refractivity contribution in [3.05, 3.63) is 49.2 Å². The Bertz CT molecular complexity index is 1540. The highest BCUT2D eigenvalue weighted by molar-refractivity contribution is 5.99. The van der Waals surface area contributed by atoms with E-state index in [1.54, 1.807) is 0 Å². The fourth-order valence-corrected chi connectivity index (χ4v) is 5.83. The van der Waals surface area contributed by atoms with Crippen LogP contribution in [0, 0.1) is 0 Å². The van der Waals surface area contributed by atoms with Gasteiger partial charge < -0.3 is 14.6 Å². The van der Waals surface area contributed by atoms with Gasteiger partial charge in [-0.2, -0.15) is 5.10 Å². The molecule has 8 heteroatoms. The zero-order valence-corrected chi connectivity index (χ0v) is 20.9. The van der Waals surface area contributed by atoms with Crippen LogP contribution in [-0.2, 0) is 0 Å². The molecule has 1 aliphatic heterocycles. The third kappa shape index (κ3) is 4.30. The summed E-state index contributed by atoms with van der Waals surface area (Å²) in [4.78, 5) is 19.7. The predicted octanol–water partition coefficient (Wildman–Crippen LogP) is 6.27. The number of hydrogen-bond acceptors (Lipinski definition) is 6. The average Bonchev–Trinajstić information content (AvgIpc) is 3.58. The monoisotopic (exact) mass is 493 g/mol. The first-order valence-electron chi connectivity index (χ1n) is 13.5. The molecule has 1 aliphatic carbocycles. The molecule has 188 valence electrons. The van der Waals surface area contributed by atoms with Crippen molar-refractivity contribution in [1.29, 1.82) is 0 Å². The number of H-pyrrole nitrogens is 2. The summed E-state index contributed by atoms with van der Waals surface area (Å²) >= 11 is 0. The number of anilines is 1. The number of piperidine rings is 1. The van der Waals surface area contributed by atoms with E-state index in [2.05, 4.69) is 53.2 Å². The lowest BCUT2D eigenvalue weighted by Crippen LogP contribution is -2.29. The zero-order valence-electron chi connectivity index (χ0n) is 20.9. The third-order valence-corrected chi connectivity index (χ3v) is 7.79. The normalized spacial score (nSPS) is 17.0. The molecule has 2 aliphatic rings. The lowest BCUT2D eigenvalue weighted by molar-refractivity contribution is 0.154. The highest BCUT2D eigenvalue weighted by atomic mass is 16.5. The second-order valence-electron chi connectivity index (χ2n) is 10.3. The van der Waals surface area contributed by atoms with Crippen LogP contribution in [0.3, 0.4) is 0 Å². The molecule has 5 aromatic heterocycles. The molecule has 0 bridgehead atoms. The number of nitrogens with zero attached hydrogens (tertiary/aromatic N) is 5. The SMILES string of the molecule is c1ncc(-c2cnc3[nH]nc(-c4cc5c(N6CCCCC6)cncc5[nH]4)c3c2)cc1OC1CCCCC1. The van der Waals surface area contributed by atoms with E-state index in [1.807, 2.05) is 31.0 Å². The van der Waals surface area contributed by atoms with Gasteiger partial charge in [-0.25, -0.2) is 4.98 Å². The van der Waals surface area contributed by atoms with Gasteiger partial charge >= 0.3 is 0 Å². The van der Waals surface area contributed by atoms with Crippen LogP contribution >= 0.6 is 0 Å². The van der Waals surface area contributed by atoms with Gasteiger partial charge in [0.25, 0.3) is 0 Å². The predicted molar refractivity (Wildman–Crippen MR) is 146 cm³/mol. The van der Waals surface area contributed by atoms with Gasteiger partial charge in [0, 0.05) is 47.4 Å². The van der Waals surface area contributed by atoms with Crippen molar-refractivity contribution >= 4 is 27.6 Å². The Balaban J connectivity index is 1.23. The molecule has 0 radical (unpaired) electrons. The topological polar surface area (TPSA) is 95.6 Å². The van der Waals surface area contributed by atoms with Crippen molar-refractivity contribution in [2.24, 2.45) is 0 Å². The Labute approximate surface area is 215 Å². The van der Waals surface area contributed by atoms with Gasteiger partial charge in [0.1, 0.15) is 11.4 Å². The van der Waals surface area contributed by atoms with Crippen molar-refractivity contribution in [3.63, 3.8) is 0 Å². The number of ether oxygens (including phenoxy) is 1. The number of rotatable bonds is 5. The van der Waals surface area contributed by atoms with E-state index in [4.69, 9.17) is 4.74 Å². The lowest BCUT2D eigenvalue weighted by atomic mass is 9.98. The molecule has 0 atom stereocenters. The van der Waals surface area contributed by atoms with Gasteiger partial charge in [0.15, 0.2) is 5.65 Å². The summed E-state index contributed by atoms with van der Waals surface area (Å²) in [6.07, 6.45) is 19.5. The molecule has 0 spiro atoms. The van der Waals surface area contributed by atoms with Crippen LogP contribution in [0.15, 0.2) is 49.2 Å². The van der Waals surface area contributed by atoms with Crippen molar-refractivity contribution < 1.29 is 4.74 Å².